The first-order valence-electron chi connectivity index (χ1n) is 6.33. The van der Waals surface area contributed by atoms with Crippen LogP contribution in [0.25, 0.3) is 11.1 Å². The highest BCUT2D eigenvalue weighted by atomic mass is 19.4. The molecule has 122 valence electrons. The molecule has 0 radical (unpaired) electrons. The Morgan fingerprint density at radius 2 is 1.70 bits per heavy atom. The number of esters is 1. The van der Waals surface area contributed by atoms with E-state index in [0.29, 0.717) is 11.1 Å². The van der Waals surface area contributed by atoms with Gasteiger partial charge >= 0.3 is 12.3 Å². The van der Waals surface area contributed by atoms with Crippen molar-refractivity contribution in [3.63, 3.8) is 0 Å². The van der Waals surface area contributed by atoms with Gasteiger partial charge in [-0.2, -0.15) is 0 Å². The van der Waals surface area contributed by atoms with Gasteiger partial charge < -0.3 is 14.2 Å². The molecule has 0 aliphatic carbocycles. The summed E-state index contributed by atoms with van der Waals surface area (Å²) in [6.45, 7) is 0. The van der Waals surface area contributed by atoms with E-state index < -0.39 is 12.3 Å². The Balaban J connectivity index is 2.32. The van der Waals surface area contributed by atoms with E-state index >= 15 is 0 Å². The fourth-order valence-electron chi connectivity index (χ4n) is 1.87. The minimum atomic E-state index is -4.75. The molecule has 23 heavy (non-hydrogen) atoms. The van der Waals surface area contributed by atoms with Crippen LogP contribution in [-0.4, -0.2) is 31.5 Å². The lowest BCUT2D eigenvalue weighted by Crippen LogP contribution is -2.16. The van der Waals surface area contributed by atoms with E-state index in [1.54, 1.807) is 6.07 Å². The maximum atomic E-state index is 12.1. The van der Waals surface area contributed by atoms with Crippen molar-refractivity contribution >= 4 is 5.97 Å². The van der Waals surface area contributed by atoms with Crippen LogP contribution in [0.1, 0.15) is 10.5 Å². The Kier molecular flexibility index (Phi) is 4.73. The molecule has 0 unspecified atom stereocenters. The van der Waals surface area contributed by atoms with Crippen LogP contribution in [0, 0.1) is 0 Å². The molecule has 0 saturated heterocycles. The Morgan fingerprint density at radius 3 is 2.22 bits per heavy atom. The highest BCUT2D eigenvalue weighted by Gasteiger charge is 2.31. The van der Waals surface area contributed by atoms with Crippen LogP contribution in [0.3, 0.4) is 0 Å². The number of hydrogen-bond donors (Lipinski definition) is 0. The lowest BCUT2D eigenvalue weighted by atomic mass is 10.1. The molecule has 0 aliphatic heterocycles. The standard InChI is InChI=1S/C15H12F3NO4/c1-21-13-11(7-8-12(19-13)14(20)22-2)9-3-5-10(6-4-9)23-15(16,17)18/h3-8H,1-2H3. The van der Waals surface area contributed by atoms with Crippen LogP contribution >= 0.6 is 0 Å². The van der Waals surface area contributed by atoms with Gasteiger partial charge in [0, 0.05) is 5.56 Å². The van der Waals surface area contributed by atoms with E-state index in [2.05, 4.69) is 14.5 Å². The first kappa shape index (κ1) is 16.6. The number of methoxy groups -OCH3 is 2. The number of carbonyl (C=O) groups excluding carboxylic acids is 1. The van der Waals surface area contributed by atoms with Crippen molar-refractivity contribution in [2.24, 2.45) is 0 Å². The molecule has 2 rings (SSSR count). The molecule has 0 bridgehead atoms. The zero-order valence-electron chi connectivity index (χ0n) is 12.2. The Bertz CT molecular complexity index is 699. The van der Waals surface area contributed by atoms with Crippen LogP contribution in [0.5, 0.6) is 11.6 Å². The number of alkyl halides is 3. The Morgan fingerprint density at radius 1 is 1.04 bits per heavy atom. The third-order valence-electron chi connectivity index (χ3n) is 2.85. The molecule has 0 spiro atoms. The number of nitrogens with zero attached hydrogens (tertiary/aromatic N) is 1. The van der Waals surface area contributed by atoms with Crippen LogP contribution in [-0.2, 0) is 4.74 Å². The second kappa shape index (κ2) is 6.55. The van der Waals surface area contributed by atoms with Crippen molar-refractivity contribution < 1.29 is 32.2 Å². The monoisotopic (exact) mass is 327 g/mol. The smallest absolute Gasteiger partial charge is 0.481 e. The van der Waals surface area contributed by atoms with Gasteiger partial charge in [0.1, 0.15) is 5.75 Å². The maximum Gasteiger partial charge on any atom is 0.573 e. The summed E-state index contributed by atoms with van der Waals surface area (Å²) in [6.07, 6.45) is -4.75. The van der Waals surface area contributed by atoms with E-state index in [-0.39, 0.29) is 17.3 Å². The molecule has 0 saturated carbocycles. The third-order valence-corrected chi connectivity index (χ3v) is 2.85. The summed E-state index contributed by atoms with van der Waals surface area (Å²) < 4.78 is 49.9. The molecule has 0 atom stereocenters. The number of halogens is 3. The van der Waals surface area contributed by atoms with E-state index in [1.165, 1.54) is 44.6 Å². The van der Waals surface area contributed by atoms with Gasteiger partial charge in [0.2, 0.25) is 5.88 Å². The third kappa shape index (κ3) is 4.12. The molecular formula is C15H12F3NO4. The quantitative estimate of drug-likeness (QED) is 0.805. The number of aromatic nitrogens is 1. The number of rotatable bonds is 4. The van der Waals surface area contributed by atoms with Gasteiger partial charge in [0.25, 0.3) is 0 Å². The molecular weight excluding hydrogens is 315 g/mol. The SMILES string of the molecule is COC(=O)c1ccc(-c2ccc(OC(F)(F)F)cc2)c(OC)n1. The van der Waals surface area contributed by atoms with E-state index in [9.17, 15) is 18.0 Å². The van der Waals surface area contributed by atoms with Crippen molar-refractivity contribution in [2.75, 3.05) is 14.2 Å². The van der Waals surface area contributed by atoms with Crippen LogP contribution in [0.4, 0.5) is 13.2 Å². The number of hydrogen-bond acceptors (Lipinski definition) is 5. The van der Waals surface area contributed by atoms with Crippen molar-refractivity contribution in [1.29, 1.82) is 0 Å². The van der Waals surface area contributed by atoms with Crippen molar-refractivity contribution in [1.82, 2.24) is 4.98 Å². The Hall–Kier alpha value is -2.77. The zero-order chi connectivity index (χ0) is 17.0. The predicted octanol–water partition coefficient (Wildman–Crippen LogP) is 3.44. The lowest BCUT2D eigenvalue weighted by molar-refractivity contribution is -0.274. The van der Waals surface area contributed by atoms with Gasteiger partial charge in [0.05, 0.1) is 14.2 Å². The highest BCUT2D eigenvalue weighted by Crippen LogP contribution is 2.31. The minimum absolute atomic E-state index is 0.0603. The van der Waals surface area contributed by atoms with E-state index in [0.717, 1.165) is 0 Å². The lowest BCUT2D eigenvalue weighted by Gasteiger charge is -2.11. The van der Waals surface area contributed by atoms with Gasteiger partial charge in [-0.1, -0.05) is 12.1 Å². The number of pyridine rings is 1. The summed E-state index contributed by atoms with van der Waals surface area (Å²) in [5.41, 5.74) is 1.13. The van der Waals surface area contributed by atoms with Crippen molar-refractivity contribution in [3.05, 3.63) is 42.1 Å². The molecule has 1 aromatic heterocycles. The van der Waals surface area contributed by atoms with Gasteiger partial charge in [-0.3, -0.25) is 0 Å². The van der Waals surface area contributed by atoms with Gasteiger partial charge in [-0.05, 0) is 29.8 Å². The second-order valence-electron chi connectivity index (χ2n) is 4.32. The zero-order valence-corrected chi connectivity index (χ0v) is 12.2. The minimum Gasteiger partial charge on any atom is -0.481 e. The molecule has 8 heteroatoms. The molecule has 0 fully saturated rings. The van der Waals surface area contributed by atoms with Crippen molar-refractivity contribution in [3.8, 4) is 22.8 Å². The normalized spacial score (nSPS) is 11.0. The predicted molar refractivity (Wildman–Crippen MR) is 74.2 cm³/mol. The first-order chi connectivity index (χ1) is 10.8. The summed E-state index contributed by atoms with van der Waals surface area (Å²) in [5, 5.41) is 0. The molecule has 0 aliphatic rings. The maximum absolute atomic E-state index is 12.1. The molecule has 1 aromatic carbocycles. The number of ether oxygens (including phenoxy) is 3. The average molecular weight is 327 g/mol. The first-order valence-corrected chi connectivity index (χ1v) is 6.33. The number of carbonyl (C=O) groups is 1. The fourth-order valence-corrected chi connectivity index (χ4v) is 1.87. The molecule has 5 nitrogen and oxygen atoms in total. The molecule has 0 N–H and O–H groups in total. The van der Waals surface area contributed by atoms with E-state index in [1.807, 2.05) is 0 Å². The van der Waals surface area contributed by atoms with Gasteiger partial charge in [-0.15, -0.1) is 13.2 Å². The summed E-state index contributed by atoms with van der Waals surface area (Å²) in [6, 6.07) is 8.21. The average Bonchev–Trinajstić information content (AvgIpc) is 2.53. The van der Waals surface area contributed by atoms with Crippen LogP contribution in [0.2, 0.25) is 0 Å². The summed E-state index contributed by atoms with van der Waals surface area (Å²) in [5.74, 6) is -0.805. The highest BCUT2D eigenvalue weighted by molar-refractivity contribution is 5.88. The van der Waals surface area contributed by atoms with Crippen molar-refractivity contribution in [2.45, 2.75) is 6.36 Å². The second-order valence-corrected chi connectivity index (χ2v) is 4.32. The van der Waals surface area contributed by atoms with Crippen LogP contribution < -0.4 is 9.47 Å². The molecule has 1 heterocycles. The molecule has 2 aromatic rings. The summed E-state index contributed by atoms with van der Waals surface area (Å²) in [7, 11) is 2.60. The molecule has 0 amide bonds. The topological polar surface area (TPSA) is 57.7 Å². The largest absolute Gasteiger partial charge is 0.573 e. The number of benzene rings is 1. The Labute approximate surface area is 129 Å². The summed E-state index contributed by atoms with van der Waals surface area (Å²) in [4.78, 5) is 15.5. The van der Waals surface area contributed by atoms with Crippen LogP contribution in [0.15, 0.2) is 36.4 Å². The van der Waals surface area contributed by atoms with Gasteiger partial charge in [-0.25, -0.2) is 9.78 Å². The fraction of sp³-hybridized carbons (Fsp3) is 0.200. The van der Waals surface area contributed by atoms with Gasteiger partial charge in [0.15, 0.2) is 5.69 Å². The van der Waals surface area contributed by atoms with E-state index in [4.69, 9.17) is 4.74 Å². The summed E-state index contributed by atoms with van der Waals surface area (Å²) >= 11 is 0.